The molecule has 1 aliphatic heterocycles. The Bertz CT molecular complexity index is 1280. The normalized spacial score (nSPS) is 15.3. The number of anilines is 2. The summed E-state index contributed by atoms with van der Waals surface area (Å²) in [5, 5.41) is 6.71. The third-order valence-electron chi connectivity index (χ3n) is 6.61. The number of hydrogen-bond donors (Lipinski definition) is 3. The van der Waals surface area contributed by atoms with Crippen LogP contribution in [0.4, 0.5) is 11.4 Å². The van der Waals surface area contributed by atoms with Gasteiger partial charge in [0.25, 0.3) is 5.91 Å². The molecule has 1 fully saturated rings. The average Bonchev–Trinajstić information content (AvgIpc) is 3.31. The van der Waals surface area contributed by atoms with Crippen molar-refractivity contribution in [3.8, 4) is 0 Å². The number of imidazole rings is 1. The number of benzene rings is 2. The van der Waals surface area contributed by atoms with Crippen LogP contribution in [0.1, 0.15) is 54.1 Å². The lowest BCUT2D eigenvalue weighted by Gasteiger charge is -2.35. The maximum Gasteiger partial charge on any atom is 0.275 e. The van der Waals surface area contributed by atoms with E-state index in [-0.39, 0.29) is 11.9 Å². The number of H-pyrrole nitrogens is 1. The number of piperidine rings is 1. The summed E-state index contributed by atoms with van der Waals surface area (Å²) in [7, 11) is 0. The van der Waals surface area contributed by atoms with E-state index in [4.69, 9.17) is 4.98 Å². The van der Waals surface area contributed by atoms with Gasteiger partial charge in [-0.1, -0.05) is 13.0 Å². The number of carbonyl (C=O) groups excluding carboxylic acids is 1. The first kappa shape index (κ1) is 23.0. The molecule has 1 aliphatic rings. The van der Waals surface area contributed by atoms with Crippen molar-refractivity contribution in [3.05, 3.63) is 78.1 Å². The number of aromatic nitrogens is 4. The quantitative estimate of drug-likeness (QED) is 0.365. The van der Waals surface area contributed by atoms with Crippen LogP contribution in [0.3, 0.4) is 0 Å². The highest BCUT2D eigenvalue weighted by atomic mass is 16.1. The molecule has 4 aromatic rings. The van der Waals surface area contributed by atoms with Gasteiger partial charge in [-0.25, -0.2) is 9.97 Å². The fourth-order valence-electron chi connectivity index (χ4n) is 4.65. The summed E-state index contributed by atoms with van der Waals surface area (Å²) < 4.78 is 0. The Balaban J connectivity index is 1.15. The van der Waals surface area contributed by atoms with Crippen LogP contribution in [0.5, 0.6) is 0 Å². The minimum absolute atomic E-state index is 0.219. The van der Waals surface area contributed by atoms with Gasteiger partial charge < -0.3 is 20.5 Å². The Kier molecular flexibility index (Phi) is 6.72. The molecule has 3 heterocycles. The van der Waals surface area contributed by atoms with Gasteiger partial charge in [-0.05, 0) is 68.1 Å². The lowest BCUT2D eigenvalue weighted by atomic mass is 10.0. The molecule has 3 N–H and O–H groups in total. The maximum absolute atomic E-state index is 12.3. The Labute approximate surface area is 205 Å². The smallest absolute Gasteiger partial charge is 0.275 e. The molecule has 0 bridgehead atoms. The second kappa shape index (κ2) is 10.2. The van der Waals surface area contributed by atoms with Gasteiger partial charge >= 0.3 is 0 Å². The second-order valence-corrected chi connectivity index (χ2v) is 9.12. The summed E-state index contributed by atoms with van der Waals surface area (Å²) in [4.78, 5) is 31.0. The molecule has 2 aromatic heterocycles. The Hall–Kier alpha value is -3.78. The number of carbonyl (C=O) groups is 1. The highest BCUT2D eigenvalue weighted by Gasteiger charge is 2.23. The van der Waals surface area contributed by atoms with Crippen LogP contribution in [0.2, 0.25) is 0 Å². The molecule has 1 saturated heterocycles. The molecule has 1 amide bonds. The number of aryl methyl sites for hydroxylation is 1. The molecule has 8 nitrogen and oxygen atoms in total. The Morgan fingerprint density at radius 1 is 1.14 bits per heavy atom. The molecule has 0 saturated carbocycles. The van der Waals surface area contributed by atoms with Gasteiger partial charge in [-0.2, -0.15) is 0 Å². The highest BCUT2D eigenvalue weighted by molar-refractivity contribution is 6.02. The molecule has 1 atom stereocenters. The third kappa shape index (κ3) is 5.33. The number of amides is 1. The van der Waals surface area contributed by atoms with Gasteiger partial charge in [0.15, 0.2) is 0 Å². The van der Waals surface area contributed by atoms with Crippen LogP contribution in [-0.4, -0.2) is 45.0 Å². The van der Waals surface area contributed by atoms with E-state index >= 15 is 0 Å². The summed E-state index contributed by atoms with van der Waals surface area (Å²) in [5.74, 6) is 0.762. The molecule has 1 unspecified atom stereocenters. The van der Waals surface area contributed by atoms with Crippen molar-refractivity contribution in [2.45, 2.75) is 45.2 Å². The predicted octanol–water partition coefficient (Wildman–Crippen LogP) is 4.62. The van der Waals surface area contributed by atoms with Gasteiger partial charge in [-0.15, -0.1) is 0 Å². The van der Waals surface area contributed by atoms with E-state index in [2.05, 4.69) is 74.7 Å². The molecule has 35 heavy (non-hydrogen) atoms. The van der Waals surface area contributed by atoms with Crippen molar-refractivity contribution in [2.75, 3.05) is 23.3 Å². The van der Waals surface area contributed by atoms with Crippen molar-refractivity contribution < 1.29 is 4.79 Å². The van der Waals surface area contributed by atoms with Crippen molar-refractivity contribution in [1.82, 2.24) is 25.3 Å². The third-order valence-corrected chi connectivity index (χ3v) is 6.61. The number of aromatic amines is 1. The molecule has 8 heteroatoms. The fraction of sp³-hybridized carbons (Fsp3) is 0.333. The van der Waals surface area contributed by atoms with Crippen molar-refractivity contribution in [3.63, 3.8) is 0 Å². The monoisotopic (exact) mass is 469 g/mol. The van der Waals surface area contributed by atoms with Gasteiger partial charge in [-0.3, -0.25) is 9.78 Å². The topological polar surface area (TPSA) is 98.8 Å². The molecule has 0 spiro atoms. The summed E-state index contributed by atoms with van der Waals surface area (Å²) in [5.41, 5.74) is 5.58. The summed E-state index contributed by atoms with van der Waals surface area (Å²) in [6, 6.07) is 15.0. The number of fused-ring (bicyclic) bond motifs is 1. The minimum Gasteiger partial charge on any atom is -0.371 e. The molecule has 2 aromatic carbocycles. The van der Waals surface area contributed by atoms with Crippen molar-refractivity contribution in [2.24, 2.45) is 0 Å². The van der Waals surface area contributed by atoms with E-state index in [1.807, 2.05) is 12.1 Å². The SMILES string of the molecule is CCC(NC1CCN(c2ccc(NC(=O)c3cnccn3)cc2)CC1)c1nc2ccc(C)cc2[nH]1. The number of nitrogens with zero attached hydrogens (tertiary/aromatic N) is 4. The highest BCUT2D eigenvalue weighted by Crippen LogP contribution is 2.25. The summed E-state index contributed by atoms with van der Waals surface area (Å²) in [6.07, 6.45) is 7.64. The van der Waals surface area contributed by atoms with E-state index < -0.39 is 0 Å². The van der Waals surface area contributed by atoms with E-state index in [9.17, 15) is 4.79 Å². The van der Waals surface area contributed by atoms with Crippen molar-refractivity contribution in [1.29, 1.82) is 0 Å². The van der Waals surface area contributed by atoms with Crippen LogP contribution in [0.25, 0.3) is 11.0 Å². The molecule has 180 valence electrons. The molecular formula is C27H31N7O. The van der Waals surface area contributed by atoms with Crippen LogP contribution in [0.15, 0.2) is 61.1 Å². The zero-order chi connectivity index (χ0) is 24.2. The zero-order valence-electron chi connectivity index (χ0n) is 20.2. The fourth-order valence-corrected chi connectivity index (χ4v) is 4.65. The van der Waals surface area contributed by atoms with Gasteiger partial charge in [0, 0.05) is 42.9 Å². The van der Waals surface area contributed by atoms with Crippen LogP contribution in [-0.2, 0) is 0 Å². The lowest BCUT2D eigenvalue weighted by molar-refractivity contribution is 0.102. The first-order valence-electron chi connectivity index (χ1n) is 12.2. The van der Waals surface area contributed by atoms with Gasteiger partial charge in [0.2, 0.25) is 0 Å². The molecule has 5 rings (SSSR count). The Morgan fingerprint density at radius 3 is 2.66 bits per heavy atom. The number of rotatable bonds is 7. The van der Waals surface area contributed by atoms with Gasteiger partial charge in [0.1, 0.15) is 11.5 Å². The average molecular weight is 470 g/mol. The van der Waals surface area contributed by atoms with Crippen LogP contribution < -0.4 is 15.5 Å². The molecular weight excluding hydrogens is 438 g/mol. The zero-order valence-corrected chi connectivity index (χ0v) is 20.2. The first-order chi connectivity index (χ1) is 17.1. The maximum atomic E-state index is 12.3. The lowest BCUT2D eigenvalue weighted by Crippen LogP contribution is -2.43. The predicted molar refractivity (Wildman–Crippen MR) is 139 cm³/mol. The largest absolute Gasteiger partial charge is 0.371 e. The standard InChI is InChI=1S/C27H31N7O/c1-3-22(26-32-23-9-4-18(2)16-24(23)33-26)30-20-10-14-34(15-11-20)21-7-5-19(6-8-21)31-27(35)25-17-28-12-13-29-25/h4-9,12-13,16-17,20,22,30H,3,10-11,14-15H2,1-2H3,(H,31,35)(H,32,33). The Morgan fingerprint density at radius 2 is 1.94 bits per heavy atom. The van der Waals surface area contributed by atoms with E-state index in [1.54, 1.807) is 6.20 Å². The van der Waals surface area contributed by atoms with E-state index in [0.717, 1.165) is 54.9 Å². The van der Waals surface area contributed by atoms with E-state index in [0.29, 0.717) is 11.7 Å². The van der Waals surface area contributed by atoms with E-state index in [1.165, 1.54) is 23.6 Å². The molecule has 0 radical (unpaired) electrons. The van der Waals surface area contributed by atoms with Crippen LogP contribution >= 0.6 is 0 Å². The summed E-state index contributed by atoms with van der Waals surface area (Å²) in [6.45, 7) is 6.28. The number of nitrogens with one attached hydrogen (secondary N) is 3. The molecule has 0 aliphatic carbocycles. The minimum atomic E-state index is -0.261. The van der Waals surface area contributed by atoms with Gasteiger partial charge in [0.05, 0.1) is 23.3 Å². The summed E-state index contributed by atoms with van der Waals surface area (Å²) >= 11 is 0. The number of hydrogen-bond acceptors (Lipinski definition) is 6. The first-order valence-corrected chi connectivity index (χ1v) is 12.2. The second-order valence-electron chi connectivity index (χ2n) is 9.12. The van der Waals surface area contributed by atoms with Crippen LogP contribution in [0, 0.1) is 6.92 Å². The van der Waals surface area contributed by atoms with Crippen molar-refractivity contribution >= 4 is 28.3 Å².